The van der Waals surface area contributed by atoms with Crippen molar-refractivity contribution < 1.29 is 0 Å². The Morgan fingerprint density at radius 1 is 0.214 bits per heavy atom. The Morgan fingerprint density at radius 3 is 0.548 bits per heavy atom. The summed E-state index contributed by atoms with van der Waals surface area (Å²) < 4.78 is 0. The van der Waals surface area contributed by atoms with E-state index in [2.05, 4.69) is 20.8 Å². The van der Waals surface area contributed by atoms with Crippen LogP contribution in [0, 0.1) is 5.92 Å². The highest BCUT2D eigenvalue weighted by molar-refractivity contribution is 4.60. The summed E-state index contributed by atoms with van der Waals surface area (Å²) in [6.07, 6.45) is 56.3. The average molecular weight is 591 g/mol. The molecule has 0 radical (unpaired) electrons. The third kappa shape index (κ3) is 36.2. The number of unbranched alkanes of at least 4 members (excludes halogenated alkanes) is 33. The molecule has 0 saturated carbocycles. The quantitative estimate of drug-likeness (QED) is 0.0627. The minimum atomic E-state index is 1.02. The van der Waals surface area contributed by atoms with Crippen LogP contribution < -0.4 is 0 Å². The molecule has 1 atom stereocenters. The summed E-state index contributed by atoms with van der Waals surface area (Å²) in [7, 11) is 0. The van der Waals surface area contributed by atoms with E-state index >= 15 is 0 Å². The van der Waals surface area contributed by atoms with Gasteiger partial charge in [-0.3, -0.25) is 0 Å². The molecule has 0 saturated heterocycles. The molecule has 1 unspecified atom stereocenters. The van der Waals surface area contributed by atoms with Gasteiger partial charge >= 0.3 is 0 Å². The second kappa shape index (κ2) is 39.0. The van der Waals surface area contributed by atoms with Crippen molar-refractivity contribution in [2.45, 2.75) is 265 Å². The molecular formula is C42H86. The summed E-state index contributed by atoms with van der Waals surface area (Å²) in [4.78, 5) is 0. The summed E-state index contributed by atoms with van der Waals surface area (Å²) in [5.74, 6) is 1.02. The van der Waals surface area contributed by atoms with E-state index in [-0.39, 0.29) is 0 Å². The Kier molecular flexibility index (Phi) is 39.0. The van der Waals surface area contributed by atoms with Gasteiger partial charge in [-0.25, -0.2) is 0 Å². The van der Waals surface area contributed by atoms with Crippen LogP contribution in [0.4, 0.5) is 0 Å². The van der Waals surface area contributed by atoms with Crippen molar-refractivity contribution in [2.75, 3.05) is 0 Å². The zero-order valence-electron chi connectivity index (χ0n) is 30.4. The van der Waals surface area contributed by atoms with Crippen molar-refractivity contribution in [2.24, 2.45) is 5.92 Å². The van der Waals surface area contributed by atoms with Gasteiger partial charge in [0, 0.05) is 0 Å². The van der Waals surface area contributed by atoms with Crippen LogP contribution in [0.1, 0.15) is 265 Å². The molecule has 254 valence electrons. The standard InChI is InChI=1S/C42H86/c1-4-7-9-11-13-15-17-19-21-23-25-27-29-31-33-35-37-39-41-42(6-3)40-38-36-34-32-30-28-26-24-22-20-18-16-14-12-10-8-5-2/h42H,4-41H2,1-3H3. The van der Waals surface area contributed by atoms with E-state index in [0.717, 1.165) is 5.92 Å². The Hall–Kier alpha value is 0. The molecule has 0 aromatic rings. The topological polar surface area (TPSA) is 0 Å². The Bertz CT molecular complexity index is 439. The molecule has 42 heavy (non-hydrogen) atoms. The molecule has 0 spiro atoms. The number of hydrogen-bond donors (Lipinski definition) is 0. The highest BCUT2D eigenvalue weighted by atomic mass is 14.1. The normalized spacial score (nSPS) is 12.4. The SMILES string of the molecule is CCCCCCCCCCCCCCCCCCCCC(CC)CCCCCCCCCCCCCCCCCCC. The van der Waals surface area contributed by atoms with Crippen LogP contribution in [-0.2, 0) is 0 Å². The maximum atomic E-state index is 2.44. The highest BCUT2D eigenvalue weighted by Gasteiger charge is 2.06. The molecule has 0 aromatic heterocycles. The van der Waals surface area contributed by atoms with E-state index in [1.54, 1.807) is 0 Å². The average Bonchev–Trinajstić information content (AvgIpc) is 3.00. The van der Waals surface area contributed by atoms with Crippen LogP contribution >= 0.6 is 0 Å². The van der Waals surface area contributed by atoms with E-state index in [4.69, 9.17) is 0 Å². The van der Waals surface area contributed by atoms with Gasteiger partial charge in [-0.15, -0.1) is 0 Å². The van der Waals surface area contributed by atoms with Crippen LogP contribution in [0.5, 0.6) is 0 Å². The highest BCUT2D eigenvalue weighted by Crippen LogP contribution is 2.22. The van der Waals surface area contributed by atoms with Crippen molar-refractivity contribution in [1.29, 1.82) is 0 Å². The molecule has 0 nitrogen and oxygen atoms in total. The summed E-state index contributed by atoms with van der Waals surface area (Å²) >= 11 is 0. The zero-order valence-corrected chi connectivity index (χ0v) is 30.4. The molecule has 0 fully saturated rings. The predicted molar refractivity (Wildman–Crippen MR) is 196 cm³/mol. The fourth-order valence-electron chi connectivity index (χ4n) is 7.05. The molecule has 0 aliphatic heterocycles. The second-order valence-electron chi connectivity index (χ2n) is 14.5. The molecule has 0 heteroatoms. The maximum absolute atomic E-state index is 2.44. The first-order valence-corrected chi connectivity index (χ1v) is 20.8. The van der Waals surface area contributed by atoms with E-state index in [1.165, 1.54) is 244 Å². The van der Waals surface area contributed by atoms with Gasteiger partial charge in [0.1, 0.15) is 0 Å². The number of rotatable bonds is 38. The van der Waals surface area contributed by atoms with Crippen LogP contribution in [0.25, 0.3) is 0 Å². The van der Waals surface area contributed by atoms with Crippen LogP contribution in [0.2, 0.25) is 0 Å². The molecule has 0 bridgehead atoms. The smallest absolute Gasteiger partial charge is 0.0417 e. The van der Waals surface area contributed by atoms with Crippen molar-refractivity contribution in [1.82, 2.24) is 0 Å². The molecule has 0 aliphatic carbocycles. The maximum Gasteiger partial charge on any atom is -0.0417 e. The summed E-state index contributed by atoms with van der Waals surface area (Å²) in [6, 6.07) is 0. The Balaban J connectivity index is 3.24. The van der Waals surface area contributed by atoms with Crippen LogP contribution in [-0.4, -0.2) is 0 Å². The minimum Gasteiger partial charge on any atom is -0.0654 e. The monoisotopic (exact) mass is 591 g/mol. The summed E-state index contributed by atoms with van der Waals surface area (Å²) in [6.45, 7) is 7.06. The first-order valence-electron chi connectivity index (χ1n) is 20.8. The fourth-order valence-corrected chi connectivity index (χ4v) is 7.05. The van der Waals surface area contributed by atoms with E-state index in [9.17, 15) is 0 Å². The minimum absolute atomic E-state index is 1.02. The van der Waals surface area contributed by atoms with Gasteiger partial charge in [-0.2, -0.15) is 0 Å². The van der Waals surface area contributed by atoms with Gasteiger partial charge in [-0.05, 0) is 5.92 Å². The molecule has 0 aromatic carbocycles. The molecule has 0 amide bonds. The fraction of sp³-hybridized carbons (Fsp3) is 1.00. The van der Waals surface area contributed by atoms with Gasteiger partial charge in [0.05, 0.1) is 0 Å². The predicted octanol–water partition coefficient (Wildman–Crippen LogP) is 16.5. The first-order chi connectivity index (χ1) is 20.8. The molecule has 0 heterocycles. The van der Waals surface area contributed by atoms with Crippen molar-refractivity contribution in [3.05, 3.63) is 0 Å². The Morgan fingerprint density at radius 2 is 0.381 bits per heavy atom. The van der Waals surface area contributed by atoms with E-state index in [0.29, 0.717) is 0 Å². The largest absolute Gasteiger partial charge is 0.0654 e. The lowest BCUT2D eigenvalue weighted by molar-refractivity contribution is 0.392. The molecular weight excluding hydrogens is 504 g/mol. The summed E-state index contributed by atoms with van der Waals surface area (Å²) in [5, 5.41) is 0. The van der Waals surface area contributed by atoms with Gasteiger partial charge < -0.3 is 0 Å². The third-order valence-corrected chi connectivity index (χ3v) is 10.3. The van der Waals surface area contributed by atoms with Gasteiger partial charge in [0.15, 0.2) is 0 Å². The van der Waals surface area contributed by atoms with Crippen LogP contribution in [0.3, 0.4) is 0 Å². The van der Waals surface area contributed by atoms with Crippen LogP contribution in [0.15, 0.2) is 0 Å². The third-order valence-electron chi connectivity index (χ3n) is 10.3. The Labute approximate surface area is 270 Å². The lowest BCUT2D eigenvalue weighted by Gasteiger charge is -2.14. The molecule has 0 aliphatic rings. The number of hydrogen-bond acceptors (Lipinski definition) is 0. The van der Waals surface area contributed by atoms with Crippen molar-refractivity contribution in [3.8, 4) is 0 Å². The lowest BCUT2D eigenvalue weighted by Crippen LogP contribution is -1.99. The van der Waals surface area contributed by atoms with E-state index < -0.39 is 0 Å². The lowest BCUT2D eigenvalue weighted by atomic mass is 9.92. The second-order valence-corrected chi connectivity index (χ2v) is 14.5. The van der Waals surface area contributed by atoms with Crippen molar-refractivity contribution >= 4 is 0 Å². The zero-order chi connectivity index (χ0) is 30.4. The van der Waals surface area contributed by atoms with Gasteiger partial charge in [0.25, 0.3) is 0 Å². The van der Waals surface area contributed by atoms with Gasteiger partial charge in [-0.1, -0.05) is 265 Å². The molecule has 0 N–H and O–H groups in total. The van der Waals surface area contributed by atoms with Crippen molar-refractivity contribution in [3.63, 3.8) is 0 Å². The first kappa shape index (κ1) is 42.0. The molecule has 0 rings (SSSR count). The van der Waals surface area contributed by atoms with E-state index in [1.807, 2.05) is 0 Å². The van der Waals surface area contributed by atoms with Gasteiger partial charge in [0.2, 0.25) is 0 Å². The summed E-state index contributed by atoms with van der Waals surface area (Å²) in [5.41, 5.74) is 0.